The highest BCUT2D eigenvalue weighted by molar-refractivity contribution is 9.10. The maximum Gasteiger partial charge on any atom is 0.335 e. The molecule has 36 heavy (non-hydrogen) atoms. The summed E-state index contributed by atoms with van der Waals surface area (Å²) in [5, 5.41) is 2.25. The predicted octanol–water partition coefficient (Wildman–Crippen LogP) is 5.86. The second-order valence-electron chi connectivity index (χ2n) is 8.47. The number of benzene rings is 3. The van der Waals surface area contributed by atoms with Crippen LogP contribution in [0.5, 0.6) is 5.75 Å². The quantitative estimate of drug-likeness (QED) is 0.308. The Labute approximate surface area is 216 Å². The maximum atomic E-state index is 13.7. The standard InChI is InChI=1S/C28H24BrFN2O4/c1-4-36-25-15-19(14-23(29)21(25)12-18-6-5-7-20(30)11-18)13-22-26(33)31-28(35)32(27(22)34)24-9-8-16(2)10-17(24)3/h5-11,13-15H,4,12H2,1-3H3,(H,31,33,35)/b22-13+. The molecule has 4 amide bonds. The zero-order valence-electron chi connectivity index (χ0n) is 20.0. The van der Waals surface area contributed by atoms with Crippen LogP contribution in [0.25, 0.3) is 6.08 Å². The fourth-order valence-corrected chi connectivity index (χ4v) is 4.72. The Morgan fingerprint density at radius 2 is 1.83 bits per heavy atom. The molecule has 0 spiro atoms. The van der Waals surface area contributed by atoms with Gasteiger partial charge in [0.2, 0.25) is 0 Å². The summed E-state index contributed by atoms with van der Waals surface area (Å²) in [5.41, 5.74) is 4.05. The molecule has 1 aliphatic rings. The number of carbonyl (C=O) groups excluding carboxylic acids is 3. The highest BCUT2D eigenvalue weighted by Gasteiger charge is 2.37. The smallest absolute Gasteiger partial charge is 0.335 e. The van der Waals surface area contributed by atoms with Crippen molar-refractivity contribution in [3.05, 3.63) is 98.3 Å². The van der Waals surface area contributed by atoms with Crippen LogP contribution in [0.1, 0.15) is 34.7 Å². The first-order chi connectivity index (χ1) is 17.2. The molecule has 6 nitrogen and oxygen atoms in total. The first kappa shape index (κ1) is 25.3. The molecule has 0 saturated carbocycles. The third-order valence-corrected chi connectivity index (χ3v) is 6.46. The highest BCUT2D eigenvalue weighted by Crippen LogP contribution is 2.33. The molecule has 3 aromatic rings. The van der Waals surface area contributed by atoms with E-state index in [2.05, 4.69) is 21.2 Å². The minimum Gasteiger partial charge on any atom is -0.494 e. The third-order valence-electron chi connectivity index (χ3n) is 5.75. The summed E-state index contributed by atoms with van der Waals surface area (Å²) < 4.78 is 20.2. The second-order valence-corrected chi connectivity index (χ2v) is 9.32. The van der Waals surface area contributed by atoms with Gasteiger partial charge in [-0.25, -0.2) is 14.1 Å². The highest BCUT2D eigenvalue weighted by atomic mass is 79.9. The van der Waals surface area contributed by atoms with Crippen LogP contribution in [0.2, 0.25) is 0 Å². The van der Waals surface area contributed by atoms with E-state index in [9.17, 15) is 18.8 Å². The molecule has 184 valence electrons. The molecule has 3 aromatic carbocycles. The van der Waals surface area contributed by atoms with Crippen molar-refractivity contribution in [2.45, 2.75) is 27.2 Å². The second kappa shape index (κ2) is 10.5. The Bertz CT molecular complexity index is 1420. The number of hydrogen-bond donors (Lipinski definition) is 1. The molecule has 1 heterocycles. The number of amides is 4. The van der Waals surface area contributed by atoms with Crippen molar-refractivity contribution in [1.82, 2.24) is 5.32 Å². The number of halogens is 2. The zero-order valence-corrected chi connectivity index (χ0v) is 21.6. The number of anilines is 1. The Hall–Kier alpha value is -3.78. The van der Waals surface area contributed by atoms with Gasteiger partial charge >= 0.3 is 6.03 Å². The number of imide groups is 2. The molecule has 4 rings (SSSR count). The zero-order chi connectivity index (χ0) is 26.0. The molecule has 0 radical (unpaired) electrons. The van der Waals surface area contributed by atoms with Crippen molar-refractivity contribution >= 4 is 45.5 Å². The molecule has 0 bridgehead atoms. The molecule has 1 saturated heterocycles. The topological polar surface area (TPSA) is 75.7 Å². The van der Waals surface area contributed by atoms with Gasteiger partial charge in [-0.15, -0.1) is 0 Å². The molecule has 1 aliphatic heterocycles. The van der Waals surface area contributed by atoms with Crippen molar-refractivity contribution in [2.75, 3.05) is 11.5 Å². The van der Waals surface area contributed by atoms with Crippen molar-refractivity contribution in [3.8, 4) is 5.75 Å². The number of aryl methyl sites for hydroxylation is 2. The van der Waals surface area contributed by atoms with Crippen LogP contribution in [0.4, 0.5) is 14.9 Å². The van der Waals surface area contributed by atoms with Gasteiger partial charge in [0, 0.05) is 16.5 Å². The molecule has 0 aliphatic carbocycles. The normalized spacial score (nSPS) is 14.9. The molecule has 1 fully saturated rings. The van der Waals surface area contributed by atoms with Crippen molar-refractivity contribution < 1.29 is 23.5 Å². The number of nitrogens with zero attached hydrogens (tertiary/aromatic N) is 1. The van der Waals surface area contributed by atoms with Gasteiger partial charge in [-0.3, -0.25) is 14.9 Å². The van der Waals surface area contributed by atoms with Gasteiger partial charge < -0.3 is 4.74 Å². The SMILES string of the molecule is CCOc1cc(/C=C2\C(=O)NC(=O)N(c3ccc(C)cc3C)C2=O)cc(Br)c1Cc1cccc(F)c1. The molecule has 8 heteroatoms. The van der Waals surface area contributed by atoms with Crippen LogP contribution in [0, 0.1) is 19.7 Å². The molecular formula is C28H24BrFN2O4. The predicted molar refractivity (Wildman–Crippen MR) is 139 cm³/mol. The number of rotatable bonds is 6. The van der Waals surface area contributed by atoms with Gasteiger partial charge in [-0.1, -0.05) is 45.8 Å². The van der Waals surface area contributed by atoms with Crippen LogP contribution >= 0.6 is 15.9 Å². The molecule has 0 unspecified atom stereocenters. The monoisotopic (exact) mass is 550 g/mol. The van der Waals surface area contributed by atoms with Crippen LogP contribution in [-0.2, 0) is 16.0 Å². The van der Waals surface area contributed by atoms with Gasteiger partial charge in [0.1, 0.15) is 17.1 Å². The molecular weight excluding hydrogens is 527 g/mol. The Morgan fingerprint density at radius 3 is 2.53 bits per heavy atom. The lowest BCUT2D eigenvalue weighted by molar-refractivity contribution is -0.122. The fourth-order valence-electron chi connectivity index (χ4n) is 4.12. The fraction of sp³-hybridized carbons (Fsp3) is 0.179. The lowest BCUT2D eigenvalue weighted by Gasteiger charge is -2.27. The van der Waals surface area contributed by atoms with Crippen molar-refractivity contribution in [3.63, 3.8) is 0 Å². The Balaban J connectivity index is 1.73. The lowest BCUT2D eigenvalue weighted by atomic mass is 10.00. The van der Waals surface area contributed by atoms with Crippen LogP contribution in [0.3, 0.4) is 0 Å². The largest absolute Gasteiger partial charge is 0.494 e. The van der Waals surface area contributed by atoms with E-state index in [1.165, 1.54) is 18.2 Å². The van der Waals surface area contributed by atoms with Crippen LogP contribution < -0.4 is 15.0 Å². The molecule has 1 N–H and O–H groups in total. The maximum absolute atomic E-state index is 13.7. The summed E-state index contributed by atoms with van der Waals surface area (Å²) in [7, 11) is 0. The van der Waals surface area contributed by atoms with E-state index in [1.807, 2.05) is 26.0 Å². The van der Waals surface area contributed by atoms with Crippen molar-refractivity contribution in [1.29, 1.82) is 0 Å². The summed E-state index contributed by atoms with van der Waals surface area (Å²) in [6.07, 6.45) is 1.85. The minimum atomic E-state index is -0.796. The average molecular weight is 551 g/mol. The van der Waals surface area contributed by atoms with Gasteiger partial charge in [0.15, 0.2) is 0 Å². The number of urea groups is 1. The summed E-state index contributed by atoms with van der Waals surface area (Å²) in [4.78, 5) is 39.5. The summed E-state index contributed by atoms with van der Waals surface area (Å²) in [5.74, 6) is -1.28. The number of carbonyl (C=O) groups is 3. The van der Waals surface area contributed by atoms with E-state index in [1.54, 1.807) is 37.3 Å². The van der Waals surface area contributed by atoms with E-state index >= 15 is 0 Å². The first-order valence-corrected chi connectivity index (χ1v) is 12.2. The van der Waals surface area contributed by atoms with E-state index in [-0.39, 0.29) is 11.4 Å². The summed E-state index contributed by atoms with van der Waals surface area (Å²) >= 11 is 3.56. The Morgan fingerprint density at radius 1 is 1.06 bits per heavy atom. The number of hydrogen-bond acceptors (Lipinski definition) is 4. The van der Waals surface area contributed by atoms with Gasteiger partial charge in [0.05, 0.1) is 12.3 Å². The van der Waals surface area contributed by atoms with E-state index in [0.29, 0.717) is 34.5 Å². The van der Waals surface area contributed by atoms with E-state index in [0.717, 1.165) is 27.2 Å². The van der Waals surface area contributed by atoms with Gasteiger partial charge in [0.25, 0.3) is 11.8 Å². The first-order valence-electron chi connectivity index (χ1n) is 11.4. The summed E-state index contributed by atoms with van der Waals surface area (Å²) in [6.45, 7) is 5.94. The number of barbiturate groups is 1. The average Bonchev–Trinajstić information content (AvgIpc) is 2.80. The Kier molecular flexibility index (Phi) is 7.35. The van der Waals surface area contributed by atoms with Crippen molar-refractivity contribution in [2.24, 2.45) is 0 Å². The lowest BCUT2D eigenvalue weighted by Crippen LogP contribution is -2.54. The van der Waals surface area contributed by atoms with Crippen LogP contribution in [0.15, 0.2) is 64.6 Å². The third kappa shape index (κ3) is 5.23. The van der Waals surface area contributed by atoms with E-state index in [4.69, 9.17) is 4.74 Å². The van der Waals surface area contributed by atoms with Gasteiger partial charge in [-0.05, 0) is 73.9 Å². The number of nitrogens with one attached hydrogen (secondary N) is 1. The molecule has 0 atom stereocenters. The van der Waals surface area contributed by atoms with Crippen LogP contribution in [-0.4, -0.2) is 24.5 Å². The summed E-state index contributed by atoms with van der Waals surface area (Å²) in [6, 6.07) is 14.3. The number of ether oxygens (including phenoxy) is 1. The minimum absolute atomic E-state index is 0.179. The van der Waals surface area contributed by atoms with Gasteiger partial charge in [-0.2, -0.15) is 0 Å². The van der Waals surface area contributed by atoms with E-state index < -0.39 is 17.8 Å². The molecule has 0 aromatic heterocycles.